The molecule has 8 heteroatoms. The van der Waals surface area contributed by atoms with E-state index >= 15 is 0 Å². The Hall–Kier alpha value is -3.10. The molecular weight excluding hydrogens is 496 g/mol. The molecule has 2 fully saturated rings. The van der Waals surface area contributed by atoms with Crippen molar-refractivity contribution in [3.8, 4) is 11.5 Å². The summed E-state index contributed by atoms with van der Waals surface area (Å²) >= 11 is 0. The second-order valence-electron chi connectivity index (χ2n) is 10.8. The molecule has 2 saturated carbocycles. The summed E-state index contributed by atoms with van der Waals surface area (Å²) in [6.07, 6.45) is 3.12. The molecule has 1 N–H and O–H groups in total. The minimum Gasteiger partial charge on any atom is -0.496 e. The molecule has 2 aromatic rings. The van der Waals surface area contributed by atoms with E-state index in [0.29, 0.717) is 38.5 Å². The van der Waals surface area contributed by atoms with Gasteiger partial charge in [0, 0.05) is 32.1 Å². The first-order valence-electron chi connectivity index (χ1n) is 13.7. The van der Waals surface area contributed by atoms with Crippen LogP contribution in [-0.4, -0.2) is 62.8 Å². The van der Waals surface area contributed by atoms with E-state index < -0.39 is 5.54 Å². The average Bonchev–Trinajstić information content (AvgIpc) is 3.75. The van der Waals surface area contributed by atoms with E-state index in [1.54, 1.807) is 26.2 Å². The molecule has 1 atom stereocenters. The number of hydrogen-bond acceptors (Lipinski definition) is 6. The molecule has 2 aromatic carbocycles. The summed E-state index contributed by atoms with van der Waals surface area (Å²) in [5.74, 6) is 1.98. The van der Waals surface area contributed by atoms with Crippen molar-refractivity contribution in [3.63, 3.8) is 0 Å². The minimum atomic E-state index is -0.916. The molecule has 0 aromatic heterocycles. The third-order valence-electron chi connectivity index (χ3n) is 8.25. The molecule has 212 valence electrons. The number of ether oxygens (including phenoxy) is 4. The molecule has 0 aliphatic heterocycles. The van der Waals surface area contributed by atoms with Crippen molar-refractivity contribution >= 4 is 11.8 Å². The van der Waals surface area contributed by atoms with Gasteiger partial charge >= 0.3 is 6.03 Å². The van der Waals surface area contributed by atoms with Crippen LogP contribution in [0.5, 0.6) is 11.5 Å². The zero-order valence-electron chi connectivity index (χ0n) is 24.0. The van der Waals surface area contributed by atoms with Gasteiger partial charge in [-0.05, 0) is 62.3 Å². The lowest BCUT2D eigenvalue weighted by Gasteiger charge is -2.46. The molecule has 2 aliphatic rings. The van der Waals surface area contributed by atoms with Gasteiger partial charge in [0.15, 0.2) is 5.78 Å². The number of urea groups is 1. The fraction of sp³-hybridized carbons (Fsp3) is 0.548. The molecular formula is C31H42N2O6. The van der Waals surface area contributed by atoms with E-state index in [2.05, 4.69) is 5.32 Å². The number of nitrogens with zero attached hydrogens (tertiary/aromatic N) is 1. The number of amides is 2. The van der Waals surface area contributed by atoms with E-state index in [1.165, 1.54) is 6.92 Å². The van der Waals surface area contributed by atoms with E-state index in [1.807, 2.05) is 50.2 Å². The molecule has 2 amide bonds. The number of nitrogens with one attached hydrogen (secondary N) is 1. The predicted molar refractivity (Wildman–Crippen MR) is 149 cm³/mol. The Balaban J connectivity index is 1.59. The first-order chi connectivity index (χ1) is 18.7. The summed E-state index contributed by atoms with van der Waals surface area (Å²) < 4.78 is 23.1. The second kappa shape index (κ2) is 12.4. The number of carbonyl (C=O) groups excluding carboxylic acids is 2. The van der Waals surface area contributed by atoms with Gasteiger partial charge in [-0.3, -0.25) is 4.79 Å². The van der Waals surface area contributed by atoms with Gasteiger partial charge in [0.1, 0.15) is 17.0 Å². The maximum atomic E-state index is 13.8. The summed E-state index contributed by atoms with van der Waals surface area (Å²) in [4.78, 5) is 28.2. The molecule has 1 unspecified atom stereocenters. The SMILES string of the molecule is COc1cc(C(C)N(CCOCc2ccccc2)C(=O)NC2(C(C)=O)CC(OC)C2)c(C)c(OC)c1C1CC1. The number of ketones is 1. The van der Waals surface area contributed by atoms with Crippen LogP contribution in [0.3, 0.4) is 0 Å². The Morgan fingerprint density at radius 2 is 1.79 bits per heavy atom. The summed E-state index contributed by atoms with van der Waals surface area (Å²) in [6, 6.07) is 11.3. The lowest BCUT2D eigenvalue weighted by atomic mass is 9.71. The van der Waals surface area contributed by atoms with Crippen molar-refractivity contribution in [2.75, 3.05) is 34.5 Å². The molecule has 2 aliphatic carbocycles. The van der Waals surface area contributed by atoms with Gasteiger partial charge in [-0.15, -0.1) is 0 Å². The number of methoxy groups -OCH3 is 3. The summed E-state index contributed by atoms with van der Waals surface area (Å²) in [5.41, 5.74) is 3.18. The van der Waals surface area contributed by atoms with E-state index in [0.717, 1.165) is 46.6 Å². The average molecular weight is 539 g/mol. The van der Waals surface area contributed by atoms with Gasteiger partial charge in [-0.1, -0.05) is 30.3 Å². The maximum absolute atomic E-state index is 13.8. The Morgan fingerprint density at radius 1 is 1.10 bits per heavy atom. The van der Waals surface area contributed by atoms with Crippen molar-refractivity contribution in [1.82, 2.24) is 10.2 Å². The number of Topliss-reactive ketones (excluding diaryl/α,β-unsaturated/α-hetero) is 1. The lowest BCUT2D eigenvalue weighted by molar-refractivity contribution is -0.133. The van der Waals surface area contributed by atoms with Crippen molar-refractivity contribution in [2.24, 2.45) is 0 Å². The largest absolute Gasteiger partial charge is 0.496 e. The topological polar surface area (TPSA) is 86.3 Å². The van der Waals surface area contributed by atoms with Crippen molar-refractivity contribution < 1.29 is 28.5 Å². The number of carbonyl (C=O) groups is 2. The number of benzene rings is 2. The third-order valence-corrected chi connectivity index (χ3v) is 8.25. The van der Waals surface area contributed by atoms with E-state index in [-0.39, 0.29) is 24.0 Å². The van der Waals surface area contributed by atoms with Crippen LogP contribution >= 0.6 is 0 Å². The highest BCUT2D eigenvalue weighted by Gasteiger charge is 2.50. The molecule has 0 radical (unpaired) electrons. The monoisotopic (exact) mass is 538 g/mol. The molecule has 4 rings (SSSR count). The van der Waals surface area contributed by atoms with Crippen LogP contribution in [0.4, 0.5) is 4.79 Å². The minimum absolute atomic E-state index is 0.0417. The lowest BCUT2D eigenvalue weighted by Crippen LogP contribution is -2.66. The third kappa shape index (κ3) is 6.23. The highest BCUT2D eigenvalue weighted by atomic mass is 16.5. The summed E-state index contributed by atoms with van der Waals surface area (Å²) in [5, 5.41) is 3.06. The summed E-state index contributed by atoms with van der Waals surface area (Å²) in [7, 11) is 4.99. The van der Waals surface area contributed by atoms with Crippen LogP contribution in [0.15, 0.2) is 36.4 Å². The predicted octanol–water partition coefficient (Wildman–Crippen LogP) is 5.32. The Labute approximate surface area is 231 Å². The highest BCUT2D eigenvalue weighted by molar-refractivity contribution is 5.92. The van der Waals surface area contributed by atoms with Crippen LogP contribution in [0, 0.1) is 6.92 Å². The standard InChI is InChI=1S/C31H42N2O6/c1-20-26(16-27(37-5)28(24-12-13-24)29(20)38-6)21(2)33(14-15-39-19-23-10-8-7-9-11-23)30(35)32-31(22(3)34)17-25(18-31)36-4/h7-11,16,21,24-25H,12-15,17-19H2,1-6H3,(H,32,35). The molecule has 0 spiro atoms. The Kier molecular flexibility index (Phi) is 9.18. The fourth-order valence-electron chi connectivity index (χ4n) is 5.60. The van der Waals surface area contributed by atoms with E-state index in [9.17, 15) is 9.59 Å². The van der Waals surface area contributed by atoms with Crippen LogP contribution in [0.1, 0.15) is 73.7 Å². The van der Waals surface area contributed by atoms with E-state index in [4.69, 9.17) is 18.9 Å². The summed E-state index contributed by atoms with van der Waals surface area (Å²) in [6.45, 7) is 6.69. The highest BCUT2D eigenvalue weighted by Crippen LogP contribution is 2.51. The molecule has 39 heavy (non-hydrogen) atoms. The van der Waals surface area contributed by atoms with Gasteiger partial charge in [0.25, 0.3) is 0 Å². The van der Waals surface area contributed by atoms with Gasteiger partial charge in [0.05, 0.1) is 39.6 Å². The van der Waals surface area contributed by atoms with Crippen molar-refractivity contribution in [3.05, 3.63) is 58.7 Å². The Bertz CT molecular complexity index is 1160. The van der Waals surface area contributed by atoms with Gasteiger partial charge in [-0.25, -0.2) is 4.79 Å². The maximum Gasteiger partial charge on any atom is 0.318 e. The van der Waals surface area contributed by atoms with Crippen LogP contribution in [0.2, 0.25) is 0 Å². The molecule has 0 saturated heterocycles. The zero-order valence-corrected chi connectivity index (χ0v) is 24.0. The normalized spacial score (nSPS) is 21.0. The second-order valence-corrected chi connectivity index (χ2v) is 10.8. The molecule has 8 nitrogen and oxygen atoms in total. The first kappa shape index (κ1) is 28.9. The smallest absolute Gasteiger partial charge is 0.318 e. The molecule has 0 bridgehead atoms. The van der Waals surface area contributed by atoms with Crippen molar-refractivity contribution in [2.45, 2.75) is 76.7 Å². The zero-order chi connectivity index (χ0) is 28.2. The Morgan fingerprint density at radius 3 is 2.36 bits per heavy atom. The first-order valence-corrected chi connectivity index (χ1v) is 13.7. The van der Waals surface area contributed by atoms with Crippen LogP contribution < -0.4 is 14.8 Å². The van der Waals surface area contributed by atoms with Gasteiger partial charge in [-0.2, -0.15) is 0 Å². The number of hydrogen-bond donors (Lipinski definition) is 1. The fourth-order valence-corrected chi connectivity index (χ4v) is 5.60. The van der Waals surface area contributed by atoms with Crippen molar-refractivity contribution in [1.29, 1.82) is 0 Å². The van der Waals surface area contributed by atoms with Crippen LogP contribution in [0.25, 0.3) is 0 Å². The molecule has 0 heterocycles. The quantitative estimate of drug-likeness (QED) is 0.348. The van der Waals surface area contributed by atoms with Gasteiger partial charge < -0.3 is 29.2 Å². The van der Waals surface area contributed by atoms with Gasteiger partial charge in [0.2, 0.25) is 0 Å². The number of rotatable bonds is 13. The van der Waals surface area contributed by atoms with Crippen LogP contribution in [-0.2, 0) is 20.9 Å².